The fraction of sp³-hybridized carbons (Fsp3) is 0.600. The molecule has 1 N–H and O–H groups in total. The Morgan fingerprint density at radius 3 is 2.68 bits per heavy atom. The molecule has 0 aromatic carbocycles. The molecule has 1 aromatic rings. The lowest BCUT2D eigenvalue weighted by atomic mass is 10.1. The predicted molar refractivity (Wildman–Crippen MR) is 77.5 cm³/mol. The van der Waals surface area contributed by atoms with E-state index in [0.29, 0.717) is 6.54 Å². The molecule has 106 valence electrons. The third kappa shape index (κ3) is 5.28. The summed E-state index contributed by atoms with van der Waals surface area (Å²) in [5.74, 6) is -0.271. The maximum absolute atomic E-state index is 11.0. The van der Waals surface area contributed by atoms with Gasteiger partial charge in [-0.2, -0.15) is 0 Å². The number of hydrogen-bond acceptors (Lipinski definition) is 3. The fourth-order valence-electron chi connectivity index (χ4n) is 1.91. The molecule has 0 saturated carbocycles. The normalized spacial score (nSPS) is 12.2. The number of hydrogen-bond donors (Lipinski definition) is 1. The van der Waals surface area contributed by atoms with Gasteiger partial charge in [0.25, 0.3) is 0 Å². The zero-order valence-electron chi connectivity index (χ0n) is 12.1. The number of aromatic nitrogens is 1. The number of carbonyl (C=O) groups is 1. The number of pyridine rings is 1. The van der Waals surface area contributed by atoms with Crippen LogP contribution in [0.2, 0.25) is 0 Å². The molecule has 1 unspecified atom stereocenters. The summed E-state index contributed by atoms with van der Waals surface area (Å²) >= 11 is 0. The van der Waals surface area contributed by atoms with Crippen LogP contribution in [0.15, 0.2) is 18.3 Å². The van der Waals surface area contributed by atoms with Gasteiger partial charge in [0.2, 0.25) is 0 Å². The Kier molecular flexibility index (Phi) is 6.33. The largest absolute Gasteiger partial charge is 0.481 e. The first-order chi connectivity index (χ1) is 9.04. The number of anilines is 1. The van der Waals surface area contributed by atoms with E-state index in [4.69, 9.17) is 5.11 Å². The van der Waals surface area contributed by atoms with Gasteiger partial charge in [0, 0.05) is 19.3 Å². The van der Waals surface area contributed by atoms with Gasteiger partial charge in [0.15, 0.2) is 0 Å². The summed E-state index contributed by atoms with van der Waals surface area (Å²) in [6, 6.07) is 3.98. The van der Waals surface area contributed by atoms with E-state index in [1.165, 1.54) is 0 Å². The van der Waals surface area contributed by atoms with E-state index in [2.05, 4.69) is 16.8 Å². The van der Waals surface area contributed by atoms with Crippen molar-refractivity contribution in [1.29, 1.82) is 0 Å². The lowest BCUT2D eigenvalue weighted by molar-refractivity contribution is -0.140. The second-order valence-corrected chi connectivity index (χ2v) is 5.09. The Labute approximate surface area is 115 Å². The topological polar surface area (TPSA) is 53.4 Å². The highest BCUT2D eigenvalue weighted by Gasteiger charge is 2.17. The van der Waals surface area contributed by atoms with Gasteiger partial charge in [-0.3, -0.25) is 4.79 Å². The van der Waals surface area contributed by atoms with Gasteiger partial charge >= 0.3 is 5.97 Å². The van der Waals surface area contributed by atoms with Crippen LogP contribution in [0.25, 0.3) is 0 Å². The van der Waals surface area contributed by atoms with E-state index >= 15 is 0 Å². The SMILES string of the molecule is CCCCCN(CC(C)C(=O)O)c1ccc(C)cn1. The highest BCUT2D eigenvalue weighted by Crippen LogP contribution is 2.15. The average molecular weight is 264 g/mol. The molecular formula is C15H24N2O2. The van der Waals surface area contributed by atoms with Crippen LogP contribution in [-0.4, -0.2) is 29.1 Å². The smallest absolute Gasteiger partial charge is 0.308 e. The third-order valence-electron chi connectivity index (χ3n) is 3.17. The molecule has 1 rings (SSSR count). The first kappa shape index (κ1) is 15.5. The minimum Gasteiger partial charge on any atom is -0.481 e. The van der Waals surface area contributed by atoms with Gasteiger partial charge in [0.05, 0.1) is 5.92 Å². The van der Waals surface area contributed by atoms with Crippen molar-refractivity contribution in [3.05, 3.63) is 23.9 Å². The number of carboxylic acids is 1. The number of carboxylic acid groups (broad SMARTS) is 1. The van der Waals surface area contributed by atoms with E-state index in [1.54, 1.807) is 6.92 Å². The number of unbranched alkanes of at least 4 members (excludes halogenated alkanes) is 2. The molecular weight excluding hydrogens is 240 g/mol. The fourth-order valence-corrected chi connectivity index (χ4v) is 1.91. The van der Waals surface area contributed by atoms with Crippen molar-refractivity contribution in [2.24, 2.45) is 5.92 Å². The van der Waals surface area contributed by atoms with Gasteiger partial charge < -0.3 is 10.0 Å². The summed E-state index contributed by atoms with van der Waals surface area (Å²) in [5.41, 5.74) is 1.11. The van der Waals surface area contributed by atoms with Crippen molar-refractivity contribution in [2.45, 2.75) is 40.0 Å². The number of nitrogens with zero attached hydrogens (tertiary/aromatic N) is 2. The van der Waals surface area contributed by atoms with Gasteiger partial charge in [-0.15, -0.1) is 0 Å². The summed E-state index contributed by atoms with van der Waals surface area (Å²) in [6.45, 7) is 7.27. The Morgan fingerprint density at radius 1 is 1.42 bits per heavy atom. The first-order valence-corrected chi connectivity index (χ1v) is 6.95. The molecule has 1 aromatic heterocycles. The second-order valence-electron chi connectivity index (χ2n) is 5.09. The third-order valence-corrected chi connectivity index (χ3v) is 3.17. The Morgan fingerprint density at radius 2 is 2.16 bits per heavy atom. The summed E-state index contributed by atoms with van der Waals surface area (Å²) in [4.78, 5) is 17.5. The van der Waals surface area contributed by atoms with E-state index < -0.39 is 5.97 Å². The van der Waals surface area contributed by atoms with Crippen LogP contribution in [-0.2, 0) is 4.79 Å². The van der Waals surface area contributed by atoms with Crippen molar-refractivity contribution < 1.29 is 9.90 Å². The zero-order chi connectivity index (χ0) is 14.3. The lowest BCUT2D eigenvalue weighted by Gasteiger charge is -2.25. The van der Waals surface area contributed by atoms with Gasteiger partial charge in [0.1, 0.15) is 5.82 Å². The van der Waals surface area contributed by atoms with Crippen LogP contribution >= 0.6 is 0 Å². The van der Waals surface area contributed by atoms with Gasteiger partial charge in [-0.05, 0) is 25.0 Å². The number of aliphatic carboxylic acids is 1. The number of rotatable bonds is 8. The van der Waals surface area contributed by atoms with Crippen LogP contribution < -0.4 is 4.90 Å². The van der Waals surface area contributed by atoms with E-state index in [1.807, 2.05) is 25.3 Å². The molecule has 1 heterocycles. The molecule has 0 saturated heterocycles. The van der Waals surface area contributed by atoms with E-state index in [-0.39, 0.29) is 5.92 Å². The summed E-state index contributed by atoms with van der Waals surface area (Å²) in [5, 5.41) is 9.05. The van der Waals surface area contributed by atoms with Crippen molar-refractivity contribution in [1.82, 2.24) is 4.98 Å². The average Bonchev–Trinajstić information content (AvgIpc) is 2.38. The van der Waals surface area contributed by atoms with E-state index in [0.717, 1.165) is 37.2 Å². The molecule has 0 fully saturated rings. The maximum Gasteiger partial charge on any atom is 0.308 e. The van der Waals surface area contributed by atoms with E-state index in [9.17, 15) is 4.79 Å². The molecule has 0 aliphatic heterocycles. The Hall–Kier alpha value is -1.58. The molecule has 0 bridgehead atoms. The molecule has 0 aliphatic carbocycles. The van der Waals surface area contributed by atoms with Crippen LogP contribution in [0.5, 0.6) is 0 Å². The lowest BCUT2D eigenvalue weighted by Crippen LogP contribution is -2.33. The molecule has 0 spiro atoms. The molecule has 0 aliphatic rings. The molecule has 19 heavy (non-hydrogen) atoms. The van der Waals surface area contributed by atoms with Crippen LogP contribution in [0.4, 0.5) is 5.82 Å². The number of aryl methyl sites for hydroxylation is 1. The summed E-state index contributed by atoms with van der Waals surface area (Å²) in [6.07, 6.45) is 5.21. The molecule has 4 nitrogen and oxygen atoms in total. The first-order valence-electron chi connectivity index (χ1n) is 6.95. The van der Waals surface area contributed by atoms with Crippen LogP contribution in [0.1, 0.15) is 38.7 Å². The minimum atomic E-state index is -0.757. The quantitative estimate of drug-likeness (QED) is 0.733. The summed E-state index contributed by atoms with van der Waals surface area (Å²) in [7, 11) is 0. The monoisotopic (exact) mass is 264 g/mol. The molecule has 0 amide bonds. The Bertz CT molecular complexity index is 390. The highest BCUT2D eigenvalue weighted by atomic mass is 16.4. The molecule has 4 heteroatoms. The van der Waals surface area contributed by atoms with Crippen LogP contribution in [0, 0.1) is 12.8 Å². The highest BCUT2D eigenvalue weighted by molar-refractivity contribution is 5.70. The van der Waals surface area contributed by atoms with Crippen molar-refractivity contribution in [3.63, 3.8) is 0 Å². The standard InChI is InChI=1S/C15H24N2O2/c1-4-5-6-9-17(11-13(3)15(18)19)14-8-7-12(2)10-16-14/h7-8,10,13H,4-6,9,11H2,1-3H3,(H,18,19). The van der Waals surface area contributed by atoms with Crippen molar-refractivity contribution in [3.8, 4) is 0 Å². The molecule has 1 atom stereocenters. The maximum atomic E-state index is 11.0. The zero-order valence-corrected chi connectivity index (χ0v) is 12.1. The van der Waals surface area contributed by atoms with Crippen molar-refractivity contribution >= 4 is 11.8 Å². The van der Waals surface area contributed by atoms with Crippen LogP contribution in [0.3, 0.4) is 0 Å². The predicted octanol–water partition coefficient (Wildman–Crippen LogP) is 3.11. The molecule has 0 radical (unpaired) electrons. The minimum absolute atomic E-state index is 0.385. The van der Waals surface area contributed by atoms with Gasteiger partial charge in [-0.25, -0.2) is 4.98 Å². The summed E-state index contributed by atoms with van der Waals surface area (Å²) < 4.78 is 0. The second kappa shape index (κ2) is 7.77. The Balaban J connectivity index is 2.73. The van der Waals surface area contributed by atoms with Crippen molar-refractivity contribution in [2.75, 3.05) is 18.0 Å². The van der Waals surface area contributed by atoms with Gasteiger partial charge in [-0.1, -0.05) is 32.8 Å².